The summed E-state index contributed by atoms with van der Waals surface area (Å²) in [4.78, 5) is 0. The van der Waals surface area contributed by atoms with Crippen molar-refractivity contribution in [1.29, 1.82) is 0 Å². The molecule has 0 bridgehead atoms. The number of rotatable bonds is 3. The third kappa shape index (κ3) is 3.74. The molecule has 21 heavy (non-hydrogen) atoms. The molecule has 1 aromatic rings. The van der Waals surface area contributed by atoms with Crippen molar-refractivity contribution < 1.29 is 8.91 Å². The first-order valence-electron chi connectivity index (χ1n) is 7.78. The summed E-state index contributed by atoms with van der Waals surface area (Å²) in [7, 11) is -0.290. The van der Waals surface area contributed by atoms with Crippen LogP contribution in [0.15, 0.2) is 48.3 Å². The highest BCUT2D eigenvalue weighted by atomic mass is 31.1. The van der Waals surface area contributed by atoms with E-state index >= 15 is 0 Å². The van der Waals surface area contributed by atoms with E-state index in [0.717, 1.165) is 23.7 Å². The Balaban J connectivity index is 1.58. The quantitative estimate of drug-likeness (QED) is 0.661. The standard InChI is InChI=1S/C18H22FOP/c1-14-10-12-21(13-11-14)20-16-8-6-15(7-9-16)17-4-2-3-5-18(17)19/h2-6,8-9,14-15H,7,10-13H2,1H3. The van der Waals surface area contributed by atoms with E-state index in [4.69, 9.17) is 4.52 Å². The molecule has 1 aliphatic heterocycles. The van der Waals surface area contributed by atoms with Crippen molar-refractivity contribution in [2.24, 2.45) is 5.92 Å². The molecule has 1 saturated heterocycles. The molecule has 1 atom stereocenters. The molecular formula is C18H22FOP. The lowest BCUT2D eigenvalue weighted by Gasteiger charge is -2.27. The summed E-state index contributed by atoms with van der Waals surface area (Å²) in [5.74, 6) is 1.87. The molecule has 0 saturated carbocycles. The molecule has 0 aromatic heterocycles. The molecule has 0 N–H and O–H groups in total. The molecule has 0 radical (unpaired) electrons. The lowest BCUT2D eigenvalue weighted by atomic mass is 9.92. The average Bonchev–Trinajstić information content (AvgIpc) is 2.51. The van der Waals surface area contributed by atoms with Crippen molar-refractivity contribution in [3.05, 3.63) is 59.6 Å². The predicted octanol–water partition coefficient (Wildman–Crippen LogP) is 5.60. The molecule has 1 aliphatic carbocycles. The van der Waals surface area contributed by atoms with E-state index in [1.165, 1.54) is 31.2 Å². The molecule has 1 fully saturated rings. The fourth-order valence-corrected chi connectivity index (χ4v) is 5.20. The molecule has 3 rings (SSSR count). The highest BCUT2D eigenvalue weighted by Gasteiger charge is 2.21. The maximum atomic E-state index is 13.8. The number of hydrogen-bond donors (Lipinski definition) is 0. The van der Waals surface area contributed by atoms with Crippen LogP contribution in [0.3, 0.4) is 0 Å². The van der Waals surface area contributed by atoms with Gasteiger partial charge in [-0.2, -0.15) is 0 Å². The first-order chi connectivity index (χ1) is 10.2. The monoisotopic (exact) mass is 304 g/mol. The second-order valence-corrected chi connectivity index (χ2v) is 8.07. The molecule has 1 heterocycles. The molecule has 0 amide bonds. The summed E-state index contributed by atoms with van der Waals surface area (Å²) in [6, 6.07) is 7.04. The van der Waals surface area contributed by atoms with Gasteiger partial charge in [0, 0.05) is 18.2 Å². The van der Waals surface area contributed by atoms with Gasteiger partial charge in [-0.3, -0.25) is 0 Å². The largest absolute Gasteiger partial charge is 0.474 e. The Bertz CT molecular complexity index is 544. The predicted molar refractivity (Wildman–Crippen MR) is 87.1 cm³/mol. The van der Waals surface area contributed by atoms with Crippen molar-refractivity contribution in [2.75, 3.05) is 12.3 Å². The highest BCUT2D eigenvalue weighted by Crippen LogP contribution is 2.47. The third-order valence-corrected chi connectivity index (χ3v) is 6.33. The first kappa shape index (κ1) is 14.8. The van der Waals surface area contributed by atoms with Gasteiger partial charge in [0.25, 0.3) is 0 Å². The summed E-state index contributed by atoms with van der Waals surface area (Å²) in [5, 5.41) is 0. The number of allylic oxidation sites excluding steroid dienone is 3. The molecular weight excluding hydrogens is 282 g/mol. The Kier molecular flexibility index (Phi) is 4.75. The van der Waals surface area contributed by atoms with Crippen molar-refractivity contribution in [3.8, 4) is 0 Å². The molecule has 1 unspecified atom stereocenters. The average molecular weight is 304 g/mol. The fraction of sp³-hybridized carbons (Fsp3) is 0.444. The zero-order valence-corrected chi connectivity index (χ0v) is 13.4. The molecule has 3 heteroatoms. The van der Waals surface area contributed by atoms with Gasteiger partial charge < -0.3 is 4.52 Å². The normalized spacial score (nSPS) is 29.0. The van der Waals surface area contributed by atoms with Gasteiger partial charge in [-0.15, -0.1) is 0 Å². The zero-order valence-electron chi connectivity index (χ0n) is 12.5. The summed E-state index contributed by atoms with van der Waals surface area (Å²) in [5.41, 5.74) is 0.779. The minimum absolute atomic E-state index is 0.115. The summed E-state index contributed by atoms with van der Waals surface area (Å²) >= 11 is 0. The van der Waals surface area contributed by atoms with E-state index in [1.54, 1.807) is 6.07 Å². The molecule has 2 aliphatic rings. The second kappa shape index (κ2) is 6.75. The maximum Gasteiger partial charge on any atom is 0.127 e. The van der Waals surface area contributed by atoms with Crippen LogP contribution in [0.4, 0.5) is 4.39 Å². The highest BCUT2D eigenvalue weighted by molar-refractivity contribution is 7.52. The summed E-state index contributed by atoms with van der Waals surface area (Å²) in [6.07, 6.45) is 12.1. The molecule has 1 nitrogen and oxygen atoms in total. The van der Waals surface area contributed by atoms with Crippen LogP contribution in [0.1, 0.15) is 37.7 Å². The SMILES string of the molecule is CC1CCP(OC2=CCC(c3ccccc3F)C=C2)CC1. The smallest absolute Gasteiger partial charge is 0.127 e. The Morgan fingerprint density at radius 3 is 2.62 bits per heavy atom. The Labute approximate surface area is 127 Å². The van der Waals surface area contributed by atoms with Crippen LogP contribution in [0.5, 0.6) is 0 Å². The molecule has 0 spiro atoms. The lowest BCUT2D eigenvalue weighted by molar-refractivity contribution is 0.448. The fourth-order valence-electron chi connectivity index (χ4n) is 2.90. The van der Waals surface area contributed by atoms with Crippen LogP contribution in [0.25, 0.3) is 0 Å². The van der Waals surface area contributed by atoms with Crippen molar-refractivity contribution >= 4 is 8.15 Å². The van der Waals surface area contributed by atoms with E-state index in [2.05, 4.69) is 19.1 Å². The van der Waals surface area contributed by atoms with E-state index in [1.807, 2.05) is 18.2 Å². The Hall–Kier alpha value is -1.14. The van der Waals surface area contributed by atoms with Crippen LogP contribution < -0.4 is 0 Å². The van der Waals surface area contributed by atoms with Gasteiger partial charge in [0.15, 0.2) is 0 Å². The third-order valence-electron chi connectivity index (χ3n) is 4.35. The number of benzene rings is 1. The van der Waals surface area contributed by atoms with Crippen molar-refractivity contribution in [1.82, 2.24) is 0 Å². The minimum atomic E-state index is -0.290. The van der Waals surface area contributed by atoms with Gasteiger partial charge in [-0.05, 0) is 49.0 Å². The molecule has 1 aromatic carbocycles. The van der Waals surface area contributed by atoms with E-state index < -0.39 is 0 Å². The van der Waals surface area contributed by atoms with Crippen LogP contribution in [-0.2, 0) is 4.52 Å². The zero-order chi connectivity index (χ0) is 14.7. The number of halogens is 1. The van der Waals surface area contributed by atoms with E-state index in [-0.39, 0.29) is 19.9 Å². The van der Waals surface area contributed by atoms with Gasteiger partial charge >= 0.3 is 0 Å². The van der Waals surface area contributed by atoms with Crippen LogP contribution in [0.2, 0.25) is 0 Å². The van der Waals surface area contributed by atoms with E-state index in [0.29, 0.717) is 0 Å². The van der Waals surface area contributed by atoms with Crippen molar-refractivity contribution in [3.63, 3.8) is 0 Å². The number of hydrogen-bond acceptors (Lipinski definition) is 1. The summed E-state index contributed by atoms with van der Waals surface area (Å²) < 4.78 is 19.9. The second-order valence-electron chi connectivity index (χ2n) is 6.03. The topological polar surface area (TPSA) is 9.23 Å². The first-order valence-corrected chi connectivity index (χ1v) is 9.41. The van der Waals surface area contributed by atoms with Crippen LogP contribution in [0, 0.1) is 11.7 Å². The van der Waals surface area contributed by atoms with Gasteiger partial charge in [0.2, 0.25) is 0 Å². The lowest BCUT2D eigenvalue weighted by Crippen LogP contribution is -2.10. The minimum Gasteiger partial charge on any atom is -0.474 e. The maximum absolute atomic E-state index is 13.8. The van der Waals surface area contributed by atoms with E-state index in [9.17, 15) is 4.39 Å². The van der Waals surface area contributed by atoms with Gasteiger partial charge in [-0.1, -0.05) is 31.2 Å². The molecule has 112 valence electrons. The Morgan fingerprint density at radius 2 is 1.95 bits per heavy atom. The van der Waals surface area contributed by atoms with Crippen LogP contribution >= 0.6 is 8.15 Å². The van der Waals surface area contributed by atoms with Crippen molar-refractivity contribution in [2.45, 2.75) is 32.1 Å². The Morgan fingerprint density at radius 1 is 1.19 bits per heavy atom. The van der Waals surface area contributed by atoms with Gasteiger partial charge in [0.05, 0.1) is 8.15 Å². The van der Waals surface area contributed by atoms with Gasteiger partial charge in [-0.25, -0.2) is 4.39 Å². The summed E-state index contributed by atoms with van der Waals surface area (Å²) in [6.45, 7) is 2.32. The van der Waals surface area contributed by atoms with Crippen LogP contribution in [-0.4, -0.2) is 12.3 Å². The van der Waals surface area contributed by atoms with Gasteiger partial charge in [0.1, 0.15) is 11.6 Å².